The van der Waals surface area contributed by atoms with E-state index < -0.39 is 0 Å². The molecule has 0 saturated heterocycles. The minimum absolute atomic E-state index is 0.203. The van der Waals surface area contributed by atoms with E-state index in [4.69, 9.17) is 11.6 Å². The number of anilines is 3. The molecule has 4 aromatic rings. The summed E-state index contributed by atoms with van der Waals surface area (Å²) in [6, 6.07) is 29.4. The highest BCUT2D eigenvalue weighted by atomic mass is 35.5. The molecule has 0 bridgehead atoms. The molecule has 0 fully saturated rings. The SMILES string of the molecule is CC(NCc1ccc(Cl)c(NC(=O)c2ccc(Nc3ccccc3)nc2)c1)c1ccccc1. The van der Waals surface area contributed by atoms with E-state index in [0.717, 1.165) is 11.3 Å². The van der Waals surface area contributed by atoms with Crippen molar-refractivity contribution in [1.29, 1.82) is 0 Å². The quantitative estimate of drug-likeness (QED) is 0.280. The highest BCUT2D eigenvalue weighted by molar-refractivity contribution is 6.34. The molecule has 1 atom stereocenters. The molecule has 1 heterocycles. The van der Waals surface area contributed by atoms with Gasteiger partial charge in [-0.15, -0.1) is 0 Å². The first kappa shape index (κ1) is 22.5. The smallest absolute Gasteiger partial charge is 0.257 e. The minimum atomic E-state index is -0.265. The fraction of sp³-hybridized carbons (Fsp3) is 0.111. The van der Waals surface area contributed by atoms with Gasteiger partial charge in [-0.1, -0.05) is 66.2 Å². The first-order valence-electron chi connectivity index (χ1n) is 10.7. The number of amides is 1. The van der Waals surface area contributed by atoms with Crippen molar-refractivity contribution in [2.45, 2.75) is 19.5 Å². The number of nitrogens with zero attached hydrogens (tertiary/aromatic N) is 1. The zero-order chi connectivity index (χ0) is 23.0. The second kappa shape index (κ2) is 10.8. The third-order valence-electron chi connectivity index (χ3n) is 5.26. The number of benzene rings is 3. The van der Waals surface area contributed by atoms with Crippen molar-refractivity contribution in [2.75, 3.05) is 10.6 Å². The summed E-state index contributed by atoms with van der Waals surface area (Å²) in [7, 11) is 0. The molecule has 0 aliphatic carbocycles. The summed E-state index contributed by atoms with van der Waals surface area (Å²) in [6.07, 6.45) is 1.54. The van der Waals surface area contributed by atoms with E-state index in [2.05, 4.69) is 40.0 Å². The molecule has 6 heteroatoms. The van der Waals surface area contributed by atoms with Gasteiger partial charge in [-0.05, 0) is 54.4 Å². The fourth-order valence-corrected chi connectivity index (χ4v) is 3.54. The molecule has 33 heavy (non-hydrogen) atoms. The number of carbonyl (C=O) groups is 1. The Morgan fingerprint density at radius 1 is 0.939 bits per heavy atom. The summed E-state index contributed by atoms with van der Waals surface area (Å²) in [5, 5.41) is 10.1. The molecule has 166 valence electrons. The molecular formula is C27H25ClN4O. The van der Waals surface area contributed by atoms with Crippen molar-refractivity contribution >= 4 is 34.7 Å². The lowest BCUT2D eigenvalue weighted by molar-refractivity contribution is 0.102. The van der Waals surface area contributed by atoms with Gasteiger partial charge in [0, 0.05) is 24.5 Å². The van der Waals surface area contributed by atoms with E-state index in [1.54, 1.807) is 24.4 Å². The van der Waals surface area contributed by atoms with Gasteiger partial charge >= 0.3 is 0 Å². The number of nitrogens with one attached hydrogen (secondary N) is 3. The molecule has 3 N–H and O–H groups in total. The van der Waals surface area contributed by atoms with Crippen LogP contribution in [0.25, 0.3) is 0 Å². The van der Waals surface area contributed by atoms with E-state index in [-0.39, 0.29) is 11.9 Å². The van der Waals surface area contributed by atoms with Gasteiger partial charge in [-0.3, -0.25) is 4.79 Å². The number of rotatable bonds is 8. The fourth-order valence-electron chi connectivity index (χ4n) is 3.37. The van der Waals surface area contributed by atoms with Crippen molar-refractivity contribution in [2.24, 2.45) is 0 Å². The predicted octanol–water partition coefficient (Wildman–Crippen LogP) is 6.58. The lowest BCUT2D eigenvalue weighted by atomic mass is 10.1. The Morgan fingerprint density at radius 3 is 2.36 bits per heavy atom. The maximum absolute atomic E-state index is 12.8. The molecule has 0 radical (unpaired) electrons. The molecule has 0 saturated carbocycles. The Morgan fingerprint density at radius 2 is 1.67 bits per heavy atom. The minimum Gasteiger partial charge on any atom is -0.340 e. The zero-order valence-corrected chi connectivity index (χ0v) is 19.0. The van der Waals surface area contributed by atoms with Crippen LogP contribution in [0, 0.1) is 0 Å². The second-order valence-corrected chi connectivity index (χ2v) is 8.11. The number of hydrogen-bond acceptors (Lipinski definition) is 4. The van der Waals surface area contributed by atoms with Gasteiger partial charge in [0.05, 0.1) is 16.3 Å². The Labute approximate surface area is 198 Å². The molecule has 1 amide bonds. The second-order valence-electron chi connectivity index (χ2n) is 7.70. The van der Waals surface area contributed by atoms with E-state index in [1.165, 1.54) is 5.56 Å². The van der Waals surface area contributed by atoms with Crippen LogP contribution in [-0.2, 0) is 6.54 Å². The van der Waals surface area contributed by atoms with Crippen LogP contribution in [0.5, 0.6) is 0 Å². The molecule has 0 spiro atoms. The summed E-state index contributed by atoms with van der Waals surface area (Å²) >= 11 is 6.34. The molecule has 0 aliphatic heterocycles. The van der Waals surface area contributed by atoms with Crippen LogP contribution in [-0.4, -0.2) is 10.9 Å². The summed E-state index contributed by atoms with van der Waals surface area (Å²) in [5.41, 5.74) is 4.20. The van der Waals surface area contributed by atoms with Crippen LogP contribution in [0.4, 0.5) is 17.2 Å². The molecule has 1 aromatic heterocycles. The number of pyridine rings is 1. The number of hydrogen-bond donors (Lipinski definition) is 3. The summed E-state index contributed by atoms with van der Waals surface area (Å²) in [6.45, 7) is 2.77. The zero-order valence-electron chi connectivity index (χ0n) is 18.3. The monoisotopic (exact) mass is 456 g/mol. The van der Waals surface area contributed by atoms with Crippen molar-refractivity contribution in [1.82, 2.24) is 10.3 Å². The Bertz CT molecular complexity index is 1200. The molecule has 4 rings (SSSR count). The Hall–Kier alpha value is -3.67. The van der Waals surface area contributed by atoms with Gasteiger partial charge in [0.1, 0.15) is 5.82 Å². The number of halogens is 1. The molecule has 3 aromatic carbocycles. The summed E-state index contributed by atoms with van der Waals surface area (Å²) in [5.74, 6) is 0.398. The van der Waals surface area contributed by atoms with E-state index in [0.29, 0.717) is 28.6 Å². The predicted molar refractivity (Wildman–Crippen MR) is 135 cm³/mol. The number of para-hydroxylation sites is 1. The van der Waals surface area contributed by atoms with E-state index in [1.807, 2.05) is 60.7 Å². The van der Waals surface area contributed by atoms with Crippen molar-refractivity contribution in [3.63, 3.8) is 0 Å². The maximum atomic E-state index is 12.8. The molecule has 1 unspecified atom stereocenters. The summed E-state index contributed by atoms with van der Waals surface area (Å²) < 4.78 is 0. The first-order valence-corrected chi connectivity index (χ1v) is 11.1. The summed E-state index contributed by atoms with van der Waals surface area (Å²) in [4.78, 5) is 17.1. The van der Waals surface area contributed by atoms with Gasteiger partial charge in [0.15, 0.2) is 0 Å². The van der Waals surface area contributed by atoms with Crippen molar-refractivity contribution < 1.29 is 4.79 Å². The highest BCUT2D eigenvalue weighted by Crippen LogP contribution is 2.24. The van der Waals surface area contributed by atoms with Gasteiger partial charge in [0.25, 0.3) is 5.91 Å². The van der Waals surface area contributed by atoms with Crippen LogP contribution in [0.3, 0.4) is 0 Å². The largest absolute Gasteiger partial charge is 0.340 e. The Kier molecular flexibility index (Phi) is 7.35. The lowest BCUT2D eigenvalue weighted by Crippen LogP contribution is -2.18. The van der Waals surface area contributed by atoms with E-state index >= 15 is 0 Å². The van der Waals surface area contributed by atoms with Crippen molar-refractivity contribution in [3.05, 3.63) is 119 Å². The van der Waals surface area contributed by atoms with Crippen LogP contribution in [0.2, 0.25) is 5.02 Å². The van der Waals surface area contributed by atoms with Gasteiger partial charge in [0.2, 0.25) is 0 Å². The third kappa shape index (κ3) is 6.19. The molecule has 0 aliphatic rings. The van der Waals surface area contributed by atoms with E-state index in [9.17, 15) is 4.79 Å². The van der Waals surface area contributed by atoms with Gasteiger partial charge in [-0.2, -0.15) is 0 Å². The maximum Gasteiger partial charge on any atom is 0.257 e. The van der Waals surface area contributed by atoms with Crippen molar-refractivity contribution in [3.8, 4) is 0 Å². The lowest BCUT2D eigenvalue weighted by Gasteiger charge is -2.15. The van der Waals surface area contributed by atoms with Crippen LogP contribution < -0.4 is 16.0 Å². The Balaban J connectivity index is 1.38. The number of carbonyl (C=O) groups excluding carboxylic acids is 1. The van der Waals surface area contributed by atoms with Gasteiger partial charge in [-0.25, -0.2) is 4.98 Å². The highest BCUT2D eigenvalue weighted by Gasteiger charge is 2.11. The van der Waals surface area contributed by atoms with Crippen LogP contribution in [0.1, 0.15) is 34.5 Å². The van der Waals surface area contributed by atoms with Crippen LogP contribution >= 0.6 is 11.6 Å². The molecule has 5 nitrogen and oxygen atoms in total. The third-order valence-corrected chi connectivity index (χ3v) is 5.59. The first-order chi connectivity index (χ1) is 16.1. The topological polar surface area (TPSA) is 66.0 Å². The molecular weight excluding hydrogens is 432 g/mol. The normalized spacial score (nSPS) is 11.6. The average Bonchev–Trinajstić information content (AvgIpc) is 2.86. The van der Waals surface area contributed by atoms with Crippen LogP contribution in [0.15, 0.2) is 97.2 Å². The number of aromatic nitrogens is 1. The van der Waals surface area contributed by atoms with Gasteiger partial charge < -0.3 is 16.0 Å². The average molecular weight is 457 g/mol. The standard InChI is InChI=1S/C27H25ClN4O/c1-19(21-8-4-2-5-9-21)29-17-20-12-14-24(28)25(16-20)32-27(33)22-13-15-26(30-18-22)31-23-10-6-3-7-11-23/h2-16,18-19,29H,17H2,1H3,(H,30,31)(H,32,33).